The summed E-state index contributed by atoms with van der Waals surface area (Å²) >= 11 is 4.51. The van der Waals surface area contributed by atoms with Gasteiger partial charge in [-0.1, -0.05) is 28.3 Å². The van der Waals surface area contributed by atoms with Crippen molar-refractivity contribution in [1.82, 2.24) is 20.3 Å². The number of rotatable bonds is 6. The van der Waals surface area contributed by atoms with E-state index in [1.807, 2.05) is 12.3 Å². The molecule has 24 heavy (non-hydrogen) atoms. The highest BCUT2D eigenvalue weighted by Gasteiger charge is 2.29. The standard InChI is InChI=1S/C14H13N5O2S3/c1-7-15-9(5-22-7)6-23-14-18-17-13(24-14)16-12(20)10-4-11(21-19-10)8-2-3-8/h4-5,8H,2-3,6H2,1H3,(H,16,17,20). The summed E-state index contributed by atoms with van der Waals surface area (Å²) in [5.41, 5.74) is 1.30. The van der Waals surface area contributed by atoms with Crippen molar-refractivity contribution in [2.75, 3.05) is 5.32 Å². The SMILES string of the molecule is Cc1nc(CSc2nnc(NC(=O)c3cc(C4CC4)on3)s2)cs1. The molecule has 3 aromatic heterocycles. The number of amides is 1. The van der Waals surface area contributed by atoms with Gasteiger partial charge in [-0.25, -0.2) is 4.98 Å². The van der Waals surface area contributed by atoms with Gasteiger partial charge in [0.1, 0.15) is 5.76 Å². The number of nitrogens with zero attached hydrogens (tertiary/aromatic N) is 4. The maximum absolute atomic E-state index is 12.2. The Morgan fingerprint density at radius 3 is 3.08 bits per heavy atom. The van der Waals surface area contributed by atoms with Crippen LogP contribution in [0.1, 0.15) is 45.7 Å². The minimum Gasteiger partial charge on any atom is -0.360 e. The van der Waals surface area contributed by atoms with Crippen LogP contribution in [-0.4, -0.2) is 26.2 Å². The fraction of sp³-hybridized carbons (Fsp3) is 0.357. The molecule has 0 aromatic carbocycles. The molecule has 0 aliphatic heterocycles. The highest BCUT2D eigenvalue weighted by atomic mass is 32.2. The van der Waals surface area contributed by atoms with Crippen LogP contribution in [0.3, 0.4) is 0 Å². The van der Waals surface area contributed by atoms with Gasteiger partial charge in [0, 0.05) is 23.1 Å². The van der Waals surface area contributed by atoms with E-state index < -0.39 is 0 Å². The van der Waals surface area contributed by atoms with Crippen molar-refractivity contribution in [2.45, 2.75) is 35.8 Å². The molecule has 0 saturated heterocycles. The molecule has 0 spiro atoms. The molecule has 1 aliphatic rings. The second kappa shape index (κ2) is 6.61. The molecular weight excluding hydrogens is 366 g/mol. The highest BCUT2D eigenvalue weighted by molar-refractivity contribution is 8.00. The van der Waals surface area contributed by atoms with Crippen LogP contribution in [-0.2, 0) is 5.75 Å². The van der Waals surface area contributed by atoms with Crippen LogP contribution < -0.4 is 5.32 Å². The van der Waals surface area contributed by atoms with Crippen molar-refractivity contribution in [2.24, 2.45) is 0 Å². The molecule has 1 aliphatic carbocycles. The lowest BCUT2D eigenvalue weighted by Gasteiger charge is -1.95. The van der Waals surface area contributed by atoms with Crippen molar-refractivity contribution >= 4 is 45.5 Å². The quantitative estimate of drug-likeness (QED) is 0.515. The fourth-order valence-electron chi connectivity index (χ4n) is 2.05. The van der Waals surface area contributed by atoms with Crippen molar-refractivity contribution in [3.05, 3.63) is 33.6 Å². The molecule has 1 saturated carbocycles. The zero-order valence-electron chi connectivity index (χ0n) is 12.7. The minimum absolute atomic E-state index is 0.277. The zero-order valence-corrected chi connectivity index (χ0v) is 15.1. The molecule has 1 fully saturated rings. The van der Waals surface area contributed by atoms with Gasteiger partial charge >= 0.3 is 0 Å². The second-order valence-corrected chi connectivity index (χ2v) is 8.62. The summed E-state index contributed by atoms with van der Waals surface area (Å²) in [7, 11) is 0. The van der Waals surface area contributed by atoms with E-state index in [2.05, 4.69) is 25.7 Å². The first-order chi connectivity index (χ1) is 11.7. The monoisotopic (exact) mass is 379 g/mol. The average Bonchev–Trinajstić information content (AvgIpc) is 2.99. The Balaban J connectivity index is 1.34. The van der Waals surface area contributed by atoms with E-state index in [4.69, 9.17) is 4.52 Å². The maximum Gasteiger partial charge on any atom is 0.279 e. The van der Waals surface area contributed by atoms with Crippen molar-refractivity contribution in [1.29, 1.82) is 0 Å². The number of thiazole rings is 1. The van der Waals surface area contributed by atoms with Gasteiger partial charge in [0.25, 0.3) is 5.91 Å². The van der Waals surface area contributed by atoms with E-state index in [1.165, 1.54) is 11.3 Å². The second-order valence-electron chi connectivity index (χ2n) is 5.36. The lowest BCUT2D eigenvalue weighted by atomic mass is 10.3. The van der Waals surface area contributed by atoms with Crippen LogP contribution in [0.5, 0.6) is 0 Å². The first kappa shape index (κ1) is 15.7. The van der Waals surface area contributed by atoms with Crippen LogP contribution in [0.2, 0.25) is 0 Å². The third-order valence-electron chi connectivity index (χ3n) is 3.38. The Bertz CT molecular complexity index is 867. The summed E-state index contributed by atoms with van der Waals surface area (Å²) in [6.45, 7) is 1.98. The van der Waals surface area contributed by atoms with Gasteiger partial charge in [-0.15, -0.1) is 21.5 Å². The Hall–Kier alpha value is -1.78. The van der Waals surface area contributed by atoms with Crippen LogP contribution in [0.25, 0.3) is 0 Å². The molecule has 7 nitrogen and oxygen atoms in total. The van der Waals surface area contributed by atoms with Crippen molar-refractivity contribution in [3.63, 3.8) is 0 Å². The van der Waals surface area contributed by atoms with E-state index in [0.29, 0.717) is 11.0 Å². The summed E-state index contributed by atoms with van der Waals surface area (Å²) in [4.78, 5) is 16.6. The molecule has 0 atom stereocenters. The summed E-state index contributed by atoms with van der Waals surface area (Å²) in [6.07, 6.45) is 2.21. The van der Waals surface area contributed by atoms with Gasteiger partial charge in [0.05, 0.1) is 10.7 Å². The summed E-state index contributed by atoms with van der Waals surface area (Å²) in [5, 5.41) is 18.1. The highest BCUT2D eigenvalue weighted by Crippen LogP contribution is 2.40. The Labute approximate surface area is 149 Å². The number of hydrogen-bond donors (Lipinski definition) is 1. The number of thioether (sulfide) groups is 1. The average molecular weight is 379 g/mol. The summed E-state index contributed by atoms with van der Waals surface area (Å²) in [5.74, 6) is 1.62. The fourth-order valence-corrected chi connectivity index (χ4v) is 4.40. The van der Waals surface area contributed by atoms with Crippen LogP contribution in [0.4, 0.5) is 5.13 Å². The van der Waals surface area contributed by atoms with E-state index in [9.17, 15) is 4.79 Å². The molecule has 124 valence electrons. The van der Waals surface area contributed by atoms with Gasteiger partial charge in [0.15, 0.2) is 10.0 Å². The number of nitrogens with one attached hydrogen (secondary N) is 1. The van der Waals surface area contributed by atoms with Gasteiger partial charge < -0.3 is 4.52 Å². The Morgan fingerprint density at radius 2 is 2.33 bits per heavy atom. The third-order valence-corrected chi connectivity index (χ3v) is 6.21. The first-order valence-corrected chi connectivity index (χ1v) is 10.0. The smallest absolute Gasteiger partial charge is 0.279 e. The molecule has 0 bridgehead atoms. The van der Waals surface area contributed by atoms with Crippen LogP contribution in [0, 0.1) is 6.92 Å². The van der Waals surface area contributed by atoms with Crippen LogP contribution >= 0.6 is 34.4 Å². The van der Waals surface area contributed by atoms with E-state index in [1.54, 1.807) is 29.2 Å². The van der Waals surface area contributed by atoms with E-state index >= 15 is 0 Å². The molecule has 3 heterocycles. The van der Waals surface area contributed by atoms with Crippen LogP contribution in [0.15, 0.2) is 20.3 Å². The van der Waals surface area contributed by atoms with E-state index in [-0.39, 0.29) is 11.6 Å². The van der Waals surface area contributed by atoms with Gasteiger partial charge in [-0.2, -0.15) is 0 Å². The normalized spacial score (nSPS) is 14.0. The molecule has 1 amide bonds. The molecule has 10 heteroatoms. The van der Waals surface area contributed by atoms with Gasteiger partial charge in [-0.05, 0) is 19.8 Å². The number of aromatic nitrogens is 4. The van der Waals surface area contributed by atoms with Crippen molar-refractivity contribution in [3.8, 4) is 0 Å². The predicted molar refractivity (Wildman–Crippen MR) is 92.8 cm³/mol. The summed E-state index contributed by atoms with van der Waals surface area (Å²) < 4.78 is 5.98. The molecule has 0 radical (unpaired) electrons. The Morgan fingerprint density at radius 1 is 1.46 bits per heavy atom. The van der Waals surface area contributed by atoms with Gasteiger partial charge in [-0.3, -0.25) is 10.1 Å². The van der Waals surface area contributed by atoms with E-state index in [0.717, 1.165) is 39.4 Å². The molecular formula is C14H13N5O2S3. The topological polar surface area (TPSA) is 93.8 Å². The molecule has 0 unspecified atom stereocenters. The number of hydrogen-bond acceptors (Lipinski definition) is 9. The third kappa shape index (κ3) is 3.65. The molecule has 3 aromatic rings. The number of carbonyl (C=O) groups excluding carboxylic acids is 1. The van der Waals surface area contributed by atoms with Crippen molar-refractivity contribution < 1.29 is 9.32 Å². The number of carbonyl (C=O) groups is 1. The lowest BCUT2D eigenvalue weighted by molar-refractivity contribution is 0.101. The minimum atomic E-state index is -0.325. The number of anilines is 1. The maximum atomic E-state index is 12.2. The molecule has 4 rings (SSSR count). The molecule has 1 N–H and O–H groups in total. The zero-order chi connectivity index (χ0) is 16.5. The number of aryl methyl sites for hydroxylation is 1. The predicted octanol–water partition coefficient (Wildman–Crippen LogP) is 3.71. The first-order valence-electron chi connectivity index (χ1n) is 7.32. The largest absolute Gasteiger partial charge is 0.360 e. The lowest BCUT2D eigenvalue weighted by Crippen LogP contribution is -2.11. The van der Waals surface area contributed by atoms with Gasteiger partial charge in [0.2, 0.25) is 5.13 Å². The summed E-state index contributed by atoms with van der Waals surface area (Å²) in [6, 6.07) is 1.70. The Kier molecular flexibility index (Phi) is 4.33.